The zero-order valence-corrected chi connectivity index (χ0v) is 10.7. The minimum absolute atomic E-state index is 0.0627. The molecule has 0 aromatic heterocycles. The first kappa shape index (κ1) is 11.8. The molecule has 0 spiro atoms. The highest BCUT2D eigenvalue weighted by Crippen LogP contribution is 2.14. The van der Waals surface area contributed by atoms with Crippen LogP contribution in [-0.2, 0) is 0 Å². The van der Waals surface area contributed by atoms with Gasteiger partial charge in [0.2, 0.25) is 0 Å². The fourth-order valence-electron chi connectivity index (χ4n) is 1.13. The standard InChI is InChI=1S/C10H11ClINO/c1-7-4-8(6-9(11)5-7)10(14)13-3-2-12/h4-6H,2-3H2,1H3,(H,13,14). The van der Waals surface area contributed by atoms with Crippen molar-refractivity contribution >= 4 is 40.1 Å². The number of benzene rings is 1. The Morgan fingerprint density at radius 3 is 2.79 bits per heavy atom. The van der Waals surface area contributed by atoms with E-state index in [2.05, 4.69) is 27.9 Å². The van der Waals surface area contributed by atoms with Gasteiger partial charge in [-0.05, 0) is 30.7 Å². The average molecular weight is 324 g/mol. The first-order valence-electron chi connectivity index (χ1n) is 4.25. The molecule has 1 amide bonds. The van der Waals surface area contributed by atoms with E-state index < -0.39 is 0 Å². The van der Waals surface area contributed by atoms with Gasteiger partial charge in [-0.1, -0.05) is 34.2 Å². The largest absolute Gasteiger partial charge is 0.351 e. The number of aryl methyl sites for hydroxylation is 1. The Bertz CT molecular complexity index is 321. The first-order valence-corrected chi connectivity index (χ1v) is 6.15. The number of alkyl halides is 1. The Kier molecular flexibility index (Phi) is 4.68. The maximum atomic E-state index is 11.5. The van der Waals surface area contributed by atoms with E-state index in [9.17, 15) is 4.79 Å². The molecule has 76 valence electrons. The van der Waals surface area contributed by atoms with Gasteiger partial charge in [0.25, 0.3) is 5.91 Å². The van der Waals surface area contributed by atoms with Gasteiger partial charge in [0.05, 0.1) is 0 Å². The van der Waals surface area contributed by atoms with Crippen molar-refractivity contribution in [2.75, 3.05) is 11.0 Å². The van der Waals surface area contributed by atoms with Crippen molar-refractivity contribution in [1.29, 1.82) is 0 Å². The van der Waals surface area contributed by atoms with Crippen LogP contribution < -0.4 is 5.32 Å². The predicted molar refractivity (Wildman–Crippen MR) is 67.4 cm³/mol. The summed E-state index contributed by atoms with van der Waals surface area (Å²) in [5.74, 6) is -0.0627. The van der Waals surface area contributed by atoms with Crippen LogP contribution in [0, 0.1) is 6.92 Å². The van der Waals surface area contributed by atoms with Crippen LogP contribution in [0.1, 0.15) is 15.9 Å². The summed E-state index contributed by atoms with van der Waals surface area (Å²) in [7, 11) is 0. The van der Waals surface area contributed by atoms with Gasteiger partial charge in [0.1, 0.15) is 0 Å². The van der Waals surface area contributed by atoms with Crippen LogP contribution in [0.2, 0.25) is 5.02 Å². The molecule has 0 radical (unpaired) electrons. The molecule has 0 atom stereocenters. The zero-order chi connectivity index (χ0) is 10.6. The molecule has 0 aliphatic carbocycles. The number of amides is 1. The van der Waals surface area contributed by atoms with Crippen molar-refractivity contribution in [2.24, 2.45) is 0 Å². The van der Waals surface area contributed by atoms with Crippen molar-refractivity contribution in [1.82, 2.24) is 5.32 Å². The van der Waals surface area contributed by atoms with Crippen LogP contribution in [-0.4, -0.2) is 16.9 Å². The highest BCUT2D eigenvalue weighted by Gasteiger charge is 2.05. The van der Waals surface area contributed by atoms with Crippen LogP contribution in [0.4, 0.5) is 0 Å². The third kappa shape index (κ3) is 3.46. The summed E-state index contributed by atoms with van der Waals surface area (Å²) in [4.78, 5) is 11.5. The summed E-state index contributed by atoms with van der Waals surface area (Å²) in [6, 6.07) is 5.34. The molecule has 0 fully saturated rings. The normalized spacial score (nSPS) is 9.93. The molecule has 0 aliphatic heterocycles. The number of rotatable bonds is 3. The second-order valence-corrected chi connectivity index (χ2v) is 4.48. The van der Waals surface area contributed by atoms with Gasteiger partial charge in [-0.2, -0.15) is 0 Å². The third-order valence-electron chi connectivity index (χ3n) is 1.68. The lowest BCUT2D eigenvalue weighted by atomic mass is 10.1. The van der Waals surface area contributed by atoms with E-state index in [1.54, 1.807) is 6.07 Å². The van der Waals surface area contributed by atoms with Gasteiger partial charge in [0, 0.05) is 21.6 Å². The Balaban J connectivity index is 2.79. The van der Waals surface area contributed by atoms with Gasteiger partial charge >= 0.3 is 0 Å². The van der Waals surface area contributed by atoms with E-state index in [1.807, 2.05) is 19.1 Å². The summed E-state index contributed by atoms with van der Waals surface area (Å²) < 4.78 is 0.906. The first-order chi connectivity index (χ1) is 6.63. The predicted octanol–water partition coefficient (Wildman–Crippen LogP) is 2.81. The zero-order valence-electron chi connectivity index (χ0n) is 7.81. The van der Waals surface area contributed by atoms with E-state index in [1.165, 1.54) is 0 Å². The van der Waals surface area contributed by atoms with Crippen molar-refractivity contribution < 1.29 is 4.79 Å². The molecule has 0 saturated heterocycles. The maximum Gasteiger partial charge on any atom is 0.251 e. The van der Waals surface area contributed by atoms with E-state index in [4.69, 9.17) is 11.6 Å². The van der Waals surface area contributed by atoms with Crippen molar-refractivity contribution in [2.45, 2.75) is 6.92 Å². The molecular formula is C10H11ClINO. The second kappa shape index (κ2) is 5.56. The summed E-state index contributed by atoms with van der Waals surface area (Å²) in [5.41, 5.74) is 1.62. The number of carbonyl (C=O) groups excluding carboxylic acids is 1. The third-order valence-corrected chi connectivity index (χ3v) is 2.44. The molecule has 14 heavy (non-hydrogen) atoms. The van der Waals surface area contributed by atoms with Crippen molar-refractivity contribution in [3.05, 3.63) is 34.3 Å². The molecule has 1 rings (SSSR count). The van der Waals surface area contributed by atoms with Crippen LogP contribution >= 0.6 is 34.2 Å². The molecule has 0 unspecified atom stereocenters. The van der Waals surface area contributed by atoms with E-state index >= 15 is 0 Å². The number of nitrogens with one attached hydrogen (secondary N) is 1. The quantitative estimate of drug-likeness (QED) is 0.672. The van der Waals surface area contributed by atoms with Crippen LogP contribution in [0.3, 0.4) is 0 Å². The smallest absolute Gasteiger partial charge is 0.251 e. The molecule has 1 aromatic rings. The van der Waals surface area contributed by atoms with E-state index in [-0.39, 0.29) is 5.91 Å². The van der Waals surface area contributed by atoms with E-state index in [0.717, 1.165) is 9.99 Å². The summed E-state index contributed by atoms with van der Waals surface area (Å²) in [6.07, 6.45) is 0. The molecular weight excluding hydrogens is 312 g/mol. The molecule has 2 nitrogen and oxygen atoms in total. The molecule has 4 heteroatoms. The summed E-state index contributed by atoms with van der Waals surface area (Å²) in [6.45, 7) is 2.60. The highest BCUT2D eigenvalue weighted by molar-refractivity contribution is 14.1. The number of hydrogen-bond acceptors (Lipinski definition) is 1. The molecule has 1 N–H and O–H groups in total. The van der Waals surface area contributed by atoms with Gasteiger partial charge in [-0.25, -0.2) is 0 Å². The molecule has 0 bridgehead atoms. The lowest BCUT2D eigenvalue weighted by molar-refractivity contribution is 0.0956. The monoisotopic (exact) mass is 323 g/mol. The van der Waals surface area contributed by atoms with E-state index in [0.29, 0.717) is 17.1 Å². The fraction of sp³-hybridized carbons (Fsp3) is 0.300. The maximum absolute atomic E-state index is 11.5. The van der Waals surface area contributed by atoms with Crippen LogP contribution in [0.15, 0.2) is 18.2 Å². The van der Waals surface area contributed by atoms with Gasteiger partial charge < -0.3 is 5.32 Å². The summed E-state index contributed by atoms with van der Waals surface area (Å²) >= 11 is 8.06. The lowest BCUT2D eigenvalue weighted by Crippen LogP contribution is -2.25. The second-order valence-electron chi connectivity index (χ2n) is 2.96. The Morgan fingerprint density at radius 2 is 2.21 bits per heavy atom. The highest BCUT2D eigenvalue weighted by atomic mass is 127. The lowest BCUT2D eigenvalue weighted by Gasteiger charge is -2.04. The molecule has 0 aliphatic rings. The number of carbonyl (C=O) groups is 1. The Morgan fingerprint density at radius 1 is 1.50 bits per heavy atom. The van der Waals surface area contributed by atoms with Gasteiger partial charge in [-0.3, -0.25) is 4.79 Å². The fourth-order valence-corrected chi connectivity index (χ4v) is 1.69. The van der Waals surface area contributed by atoms with Crippen molar-refractivity contribution in [3.63, 3.8) is 0 Å². The van der Waals surface area contributed by atoms with Gasteiger partial charge in [0.15, 0.2) is 0 Å². The Hall–Kier alpha value is -0.290. The minimum Gasteiger partial charge on any atom is -0.351 e. The van der Waals surface area contributed by atoms with Crippen molar-refractivity contribution in [3.8, 4) is 0 Å². The minimum atomic E-state index is -0.0627. The summed E-state index contributed by atoms with van der Waals surface area (Å²) in [5, 5.41) is 3.40. The average Bonchev–Trinajstić information content (AvgIpc) is 2.12. The molecule has 1 aromatic carbocycles. The SMILES string of the molecule is Cc1cc(Cl)cc(C(=O)NCCI)c1. The Labute approximate surface area is 102 Å². The topological polar surface area (TPSA) is 29.1 Å². The number of halogens is 2. The molecule has 0 heterocycles. The van der Waals surface area contributed by atoms with Crippen LogP contribution in [0.25, 0.3) is 0 Å². The number of hydrogen-bond donors (Lipinski definition) is 1. The van der Waals surface area contributed by atoms with Gasteiger partial charge in [-0.15, -0.1) is 0 Å². The molecule has 0 saturated carbocycles. The van der Waals surface area contributed by atoms with Crippen LogP contribution in [0.5, 0.6) is 0 Å².